The van der Waals surface area contributed by atoms with Gasteiger partial charge in [0.15, 0.2) is 5.75 Å². The highest BCUT2D eigenvalue weighted by Gasteiger charge is 2.19. The SMILES string of the molecule is COc1c(C(F)F)[nH]cc(CC#N)c1=O. The molecule has 0 amide bonds. The van der Waals surface area contributed by atoms with Gasteiger partial charge in [-0.25, -0.2) is 8.78 Å². The highest BCUT2D eigenvalue weighted by Crippen LogP contribution is 2.23. The van der Waals surface area contributed by atoms with E-state index in [2.05, 4.69) is 9.72 Å². The van der Waals surface area contributed by atoms with Crippen LogP contribution in [0.2, 0.25) is 0 Å². The van der Waals surface area contributed by atoms with Crippen LogP contribution >= 0.6 is 0 Å². The summed E-state index contributed by atoms with van der Waals surface area (Å²) in [5, 5.41) is 8.39. The zero-order chi connectivity index (χ0) is 11.4. The van der Waals surface area contributed by atoms with Gasteiger partial charge >= 0.3 is 0 Å². The zero-order valence-electron chi connectivity index (χ0n) is 7.88. The Morgan fingerprint density at radius 1 is 1.67 bits per heavy atom. The molecule has 0 saturated heterocycles. The maximum atomic E-state index is 12.4. The van der Waals surface area contributed by atoms with Crippen molar-refractivity contribution >= 4 is 0 Å². The van der Waals surface area contributed by atoms with Crippen molar-refractivity contribution in [2.75, 3.05) is 7.11 Å². The molecule has 0 atom stereocenters. The van der Waals surface area contributed by atoms with Crippen molar-refractivity contribution in [1.29, 1.82) is 5.26 Å². The van der Waals surface area contributed by atoms with Crippen LogP contribution < -0.4 is 10.2 Å². The lowest BCUT2D eigenvalue weighted by Crippen LogP contribution is -2.15. The lowest BCUT2D eigenvalue weighted by atomic mass is 10.2. The fraction of sp³-hybridized carbons (Fsp3) is 0.333. The average Bonchev–Trinajstić information content (AvgIpc) is 2.20. The number of aromatic nitrogens is 1. The lowest BCUT2D eigenvalue weighted by molar-refractivity contribution is 0.141. The standard InChI is InChI=1S/C9H8F2N2O2/c1-15-8-6(9(10)11)13-4-5(2-3-12)7(8)14/h4,9H,2H2,1H3,(H,13,14). The molecule has 0 bridgehead atoms. The molecule has 0 spiro atoms. The maximum absolute atomic E-state index is 12.4. The normalized spacial score (nSPS) is 10.1. The van der Waals surface area contributed by atoms with Crippen LogP contribution in [0.25, 0.3) is 0 Å². The minimum atomic E-state index is -2.82. The van der Waals surface area contributed by atoms with E-state index in [1.54, 1.807) is 6.07 Å². The fourth-order valence-corrected chi connectivity index (χ4v) is 1.15. The number of halogens is 2. The fourth-order valence-electron chi connectivity index (χ4n) is 1.15. The number of hydrogen-bond acceptors (Lipinski definition) is 3. The van der Waals surface area contributed by atoms with Gasteiger partial charge in [-0.3, -0.25) is 4.79 Å². The molecule has 0 aliphatic carbocycles. The Balaban J connectivity index is 3.34. The molecule has 6 heteroatoms. The first-order valence-corrected chi connectivity index (χ1v) is 4.05. The van der Waals surface area contributed by atoms with Gasteiger partial charge in [-0.2, -0.15) is 5.26 Å². The molecule has 0 aliphatic rings. The minimum Gasteiger partial charge on any atom is -0.491 e. The quantitative estimate of drug-likeness (QED) is 0.826. The summed E-state index contributed by atoms with van der Waals surface area (Å²) < 4.78 is 29.4. The molecule has 0 aliphatic heterocycles. The molecule has 1 N–H and O–H groups in total. The van der Waals surface area contributed by atoms with Crippen molar-refractivity contribution in [2.24, 2.45) is 0 Å². The average molecular weight is 214 g/mol. The largest absolute Gasteiger partial charge is 0.491 e. The predicted octanol–water partition coefficient (Wildman–Crippen LogP) is 1.39. The third-order valence-electron chi connectivity index (χ3n) is 1.84. The molecular formula is C9H8F2N2O2. The Labute approximate surface area is 84.1 Å². The number of nitriles is 1. The molecule has 1 aromatic heterocycles. The van der Waals surface area contributed by atoms with Crippen LogP contribution in [0.5, 0.6) is 5.75 Å². The summed E-state index contributed by atoms with van der Waals surface area (Å²) in [5.74, 6) is -0.433. The Kier molecular flexibility index (Phi) is 3.39. The predicted molar refractivity (Wildman–Crippen MR) is 47.9 cm³/mol. The van der Waals surface area contributed by atoms with Crippen LogP contribution in [-0.2, 0) is 6.42 Å². The number of hydrogen-bond donors (Lipinski definition) is 1. The zero-order valence-corrected chi connectivity index (χ0v) is 7.88. The summed E-state index contributed by atoms with van der Waals surface area (Å²) in [4.78, 5) is 13.7. The van der Waals surface area contributed by atoms with Crippen molar-refractivity contribution in [3.63, 3.8) is 0 Å². The number of H-pyrrole nitrogens is 1. The van der Waals surface area contributed by atoms with E-state index in [1.807, 2.05) is 0 Å². The number of alkyl halides is 2. The van der Waals surface area contributed by atoms with Crippen LogP contribution in [0.4, 0.5) is 8.78 Å². The van der Waals surface area contributed by atoms with E-state index in [1.165, 1.54) is 0 Å². The highest BCUT2D eigenvalue weighted by atomic mass is 19.3. The van der Waals surface area contributed by atoms with Crippen molar-refractivity contribution in [3.8, 4) is 11.8 Å². The molecule has 1 rings (SSSR count). The van der Waals surface area contributed by atoms with Gasteiger partial charge in [0.1, 0.15) is 5.69 Å². The topological polar surface area (TPSA) is 65.9 Å². The summed E-state index contributed by atoms with van der Waals surface area (Å²) in [6.07, 6.45) is -1.85. The van der Waals surface area contributed by atoms with E-state index in [-0.39, 0.29) is 12.0 Å². The van der Waals surface area contributed by atoms with E-state index in [0.717, 1.165) is 13.3 Å². The number of nitrogens with one attached hydrogen (secondary N) is 1. The van der Waals surface area contributed by atoms with Crippen LogP contribution in [0.3, 0.4) is 0 Å². The lowest BCUT2D eigenvalue weighted by Gasteiger charge is -2.07. The first-order chi connectivity index (χ1) is 7.11. The maximum Gasteiger partial charge on any atom is 0.282 e. The summed E-state index contributed by atoms with van der Waals surface area (Å²) in [5.41, 5.74) is -1.13. The van der Waals surface area contributed by atoms with Crippen molar-refractivity contribution in [1.82, 2.24) is 4.98 Å². The Hall–Kier alpha value is -1.90. The molecule has 0 aromatic carbocycles. The van der Waals surface area contributed by atoms with Crippen LogP contribution in [0, 0.1) is 11.3 Å². The number of methoxy groups -OCH3 is 1. The number of rotatable bonds is 3. The Morgan fingerprint density at radius 3 is 2.80 bits per heavy atom. The summed E-state index contributed by atoms with van der Waals surface area (Å²) in [7, 11) is 1.13. The van der Waals surface area contributed by atoms with E-state index in [0.29, 0.717) is 0 Å². The summed E-state index contributed by atoms with van der Waals surface area (Å²) in [6.45, 7) is 0. The van der Waals surface area contributed by atoms with Crippen LogP contribution in [0.15, 0.2) is 11.0 Å². The summed E-state index contributed by atoms with van der Waals surface area (Å²) in [6, 6.07) is 1.76. The third kappa shape index (κ3) is 2.13. The van der Waals surface area contributed by atoms with Gasteiger partial charge in [-0.05, 0) is 0 Å². The molecule has 1 heterocycles. The van der Waals surface area contributed by atoms with E-state index >= 15 is 0 Å². The molecule has 0 fully saturated rings. The van der Waals surface area contributed by atoms with Gasteiger partial charge < -0.3 is 9.72 Å². The van der Waals surface area contributed by atoms with Gasteiger partial charge in [0.25, 0.3) is 6.43 Å². The molecule has 1 aromatic rings. The first kappa shape index (κ1) is 11.2. The van der Waals surface area contributed by atoms with Crippen LogP contribution in [-0.4, -0.2) is 12.1 Å². The smallest absolute Gasteiger partial charge is 0.282 e. The molecule has 80 valence electrons. The van der Waals surface area contributed by atoms with Gasteiger partial charge in [0.05, 0.1) is 19.6 Å². The molecule has 0 unspecified atom stereocenters. The number of nitrogens with zero attached hydrogens (tertiary/aromatic N) is 1. The molecule has 15 heavy (non-hydrogen) atoms. The summed E-state index contributed by atoms with van der Waals surface area (Å²) >= 11 is 0. The van der Waals surface area contributed by atoms with Gasteiger partial charge in [-0.1, -0.05) is 0 Å². The van der Waals surface area contributed by atoms with Gasteiger partial charge in [0.2, 0.25) is 5.43 Å². The highest BCUT2D eigenvalue weighted by molar-refractivity contribution is 5.33. The van der Waals surface area contributed by atoms with E-state index < -0.39 is 23.3 Å². The van der Waals surface area contributed by atoms with Crippen molar-refractivity contribution < 1.29 is 13.5 Å². The van der Waals surface area contributed by atoms with Crippen molar-refractivity contribution in [3.05, 3.63) is 27.7 Å². The minimum absolute atomic E-state index is 0.110. The second kappa shape index (κ2) is 4.55. The van der Waals surface area contributed by atoms with E-state index in [9.17, 15) is 13.6 Å². The van der Waals surface area contributed by atoms with Crippen LogP contribution in [0.1, 0.15) is 17.7 Å². The number of pyridine rings is 1. The first-order valence-electron chi connectivity index (χ1n) is 4.05. The second-order valence-electron chi connectivity index (χ2n) is 2.73. The second-order valence-corrected chi connectivity index (χ2v) is 2.73. The van der Waals surface area contributed by atoms with Gasteiger partial charge in [-0.15, -0.1) is 0 Å². The monoisotopic (exact) mass is 214 g/mol. The third-order valence-corrected chi connectivity index (χ3v) is 1.84. The number of aromatic amines is 1. The molecule has 0 radical (unpaired) electrons. The molecule has 4 nitrogen and oxygen atoms in total. The number of ether oxygens (including phenoxy) is 1. The van der Waals surface area contributed by atoms with E-state index in [4.69, 9.17) is 5.26 Å². The van der Waals surface area contributed by atoms with Crippen molar-refractivity contribution in [2.45, 2.75) is 12.8 Å². The van der Waals surface area contributed by atoms with Gasteiger partial charge in [0, 0.05) is 11.8 Å². The Morgan fingerprint density at radius 2 is 2.33 bits per heavy atom. The Bertz CT molecular complexity index is 448. The molecule has 0 saturated carbocycles. The molecular weight excluding hydrogens is 206 g/mol.